The molecule has 5 nitrogen and oxygen atoms in total. The van der Waals surface area contributed by atoms with Crippen LogP contribution in [0.5, 0.6) is 0 Å². The number of oxazole rings is 1. The first-order valence-corrected chi connectivity index (χ1v) is 7.59. The first-order valence-electron chi connectivity index (χ1n) is 7.59. The highest BCUT2D eigenvalue weighted by atomic mass is 35.5. The van der Waals surface area contributed by atoms with Crippen molar-refractivity contribution < 1.29 is 9.21 Å². The van der Waals surface area contributed by atoms with Crippen molar-refractivity contribution in [3.05, 3.63) is 42.4 Å². The van der Waals surface area contributed by atoms with Gasteiger partial charge in [-0.1, -0.05) is 30.3 Å². The van der Waals surface area contributed by atoms with Gasteiger partial charge in [-0.15, -0.1) is 24.8 Å². The molecule has 0 saturated heterocycles. The highest BCUT2D eigenvalue weighted by molar-refractivity contribution is 5.85. The Morgan fingerprint density at radius 3 is 2.62 bits per heavy atom. The molecule has 2 rings (SSSR count). The monoisotopic (exact) mass is 373 g/mol. The third kappa shape index (κ3) is 6.91. The lowest BCUT2D eigenvalue weighted by atomic mass is 10.2. The fourth-order valence-corrected chi connectivity index (χ4v) is 2.15. The number of benzene rings is 1. The summed E-state index contributed by atoms with van der Waals surface area (Å²) >= 11 is 0. The zero-order valence-electron chi connectivity index (χ0n) is 14.0. The minimum atomic E-state index is 0. The van der Waals surface area contributed by atoms with Gasteiger partial charge >= 0.3 is 0 Å². The molecule has 1 N–H and O–H groups in total. The molecule has 1 heterocycles. The number of aromatic nitrogens is 1. The van der Waals surface area contributed by atoms with Crippen molar-refractivity contribution in [2.24, 2.45) is 0 Å². The summed E-state index contributed by atoms with van der Waals surface area (Å²) in [5.74, 6) is 1.61. The molecule has 0 fully saturated rings. The molecule has 134 valence electrons. The second kappa shape index (κ2) is 11.9. The van der Waals surface area contributed by atoms with Gasteiger partial charge in [0.15, 0.2) is 11.7 Å². The van der Waals surface area contributed by atoms with Gasteiger partial charge < -0.3 is 14.6 Å². The molecule has 0 aliphatic rings. The first kappa shape index (κ1) is 22.4. The molecule has 0 atom stereocenters. The van der Waals surface area contributed by atoms with E-state index in [0.717, 1.165) is 30.8 Å². The van der Waals surface area contributed by atoms with Gasteiger partial charge in [-0.2, -0.15) is 0 Å². The van der Waals surface area contributed by atoms with Gasteiger partial charge in [0.25, 0.3) is 0 Å². The van der Waals surface area contributed by atoms with E-state index in [1.807, 2.05) is 44.4 Å². The summed E-state index contributed by atoms with van der Waals surface area (Å²) in [7, 11) is 3.71. The lowest BCUT2D eigenvalue weighted by Gasteiger charge is -2.16. The number of halogens is 2. The van der Waals surface area contributed by atoms with E-state index in [-0.39, 0.29) is 30.7 Å². The Balaban J connectivity index is 0.00000264. The zero-order chi connectivity index (χ0) is 15.8. The van der Waals surface area contributed by atoms with Gasteiger partial charge in [0.2, 0.25) is 5.91 Å². The van der Waals surface area contributed by atoms with Crippen LogP contribution in [-0.2, 0) is 11.2 Å². The Bertz CT molecular complexity index is 591. The van der Waals surface area contributed by atoms with E-state index < -0.39 is 0 Å². The van der Waals surface area contributed by atoms with Gasteiger partial charge in [-0.05, 0) is 13.5 Å². The standard InChI is InChI=1S/C17H23N3O2.2ClH/c1-18-11-12-20(2)17(21)10-6-9-16-19-13-15(22-16)14-7-4-3-5-8-14;;/h3-5,7-8,13,18H,6,9-12H2,1-2H3;2*1H. The Kier molecular flexibility index (Phi) is 11.1. The number of nitrogens with zero attached hydrogens (tertiary/aromatic N) is 2. The summed E-state index contributed by atoms with van der Waals surface area (Å²) in [5.41, 5.74) is 1.02. The molecule has 7 heteroatoms. The average molecular weight is 374 g/mol. The van der Waals surface area contributed by atoms with Crippen LogP contribution < -0.4 is 5.32 Å². The predicted octanol–water partition coefficient (Wildman–Crippen LogP) is 3.19. The number of amides is 1. The van der Waals surface area contributed by atoms with Crippen LogP contribution in [-0.4, -0.2) is 43.0 Å². The molecule has 0 spiro atoms. The van der Waals surface area contributed by atoms with Crippen molar-refractivity contribution in [2.75, 3.05) is 27.2 Å². The number of hydrogen-bond donors (Lipinski definition) is 1. The van der Waals surface area contributed by atoms with Crippen LogP contribution >= 0.6 is 24.8 Å². The number of rotatable bonds is 8. The molecule has 24 heavy (non-hydrogen) atoms. The second-order valence-corrected chi connectivity index (χ2v) is 5.26. The summed E-state index contributed by atoms with van der Waals surface area (Å²) in [5, 5.41) is 3.03. The maximum absolute atomic E-state index is 11.9. The van der Waals surface area contributed by atoms with Gasteiger partial charge in [0.1, 0.15) is 0 Å². The van der Waals surface area contributed by atoms with Crippen molar-refractivity contribution in [1.29, 1.82) is 0 Å². The van der Waals surface area contributed by atoms with E-state index in [0.29, 0.717) is 18.7 Å². The molecular formula is C17H25Cl2N3O2. The molecule has 0 unspecified atom stereocenters. The van der Waals surface area contributed by atoms with Crippen molar-refractivity contribution in [1.82, 2.24) is 15.2 Å². The fourth-order valence-electron chi connectivity index (χ4n) is 2.15. The minimum Gasteiger partial charge on any atom is -0.441 e. The molecule has 0 saturated carbocycles. The number of aryl methyl sites for hydroxylation is 1. The van der Waals surface area contributed by atoms with Gasteiger partial charge in [0.05, 0.1) is 6.20 Å². The second-order valence-electron chi connectivity index (χ2n) is 5.26. The quantitative estimate of drug-likeness (QED) is 0.771. The SMILES string of the molecule is CNCCN(C)C(=O)CCCc1ncc(-c2ccccc2)o1.Cl.Cl. The van der Waals surface area contributed by atoms with Crippen LogP contribution in [0.1, 0.15) is 18.7 Å². The van der Waals surface area contributed by atoms with E-state index in [1.165, 1.54) is 0 Å². The normalized spacial score (nSPS) is 9.75. The van der Waals surface area contributed by atoms with Gasteiger partial charge in [-0.25, -0.2) is 4.98 Å². The largest absolute Gasteiger partial charge is 0.441 e. The van der Waals surface area contributed by atoms with E-state index >= 15 is 0 Å². The lowest BCUT2D eigenvalue weighted by Crippen LogP contribution is -2.32. The number of nitrogens with one attached hydrogen (secondary N) is 1. The minimum absolute atomic E-state index is 0. The number of carbonyl (C=O) groups excluding carboxylic acids is 1. The Labute approximate surface area is 155 Å². The van der Waals surface area contributed by atoms with Gasteiger partial charge in [0, 0.05) is 38.5 Å². The molecule has 0 aliphatic heterocycles. The predicted molar refractivity (Wildman–Crippen MR) is 101 cm³/mol. The topological polar surface area (TPSA) is 58.4 Å². The first-order chi connectivity index (χ1) is 10.7. The van der Waals surface area contributed by atoms with E-state index in [9.17, 15) is 4.79 Å². The third-order valence-electron chi connectivity index (χ3n) is 3.52. The van der Waals surface area contributed by atoms with E-state index in [4.69, 9.17) is 4.42 Å². The Hall–Kier alpha value is -1.56. The third-order valence-corrected chi connectivity index (χ3v) is 3.52. The highest BCUT2D eigenvalue weighted by Gasteiger charge is 2.10. The maximum Gasteiger partial charge on any atom is 0.222 e. The van der Waals surface area contributed by atoms with Crippen LogP contribution in [0.15, 0.2) is 40.9 Å². The molecule has 1 aromatic heterocycles. The molecular weight excluding hydrogens is 349 g/mol. The van der Waals surface area contributed by atoms with Crippen molar-refractivity contribution >= 4 is 30.7 Å². The van der Waals surface area contributed by atoms with Crippen molar-refractivity contribution in [3.8, 4) is 11.3 Å². The number of hydrogen-bond acceptors (Lipinski definition) is 4. The Morgan fingerprint density at radius 2 is 1.96 bits per heavy atom. The molecule has 0 radical (unpaired) electrons. The highest BCUT2D eigenvalue weighted by Crippen LogP contribution is 2.20. The van der Waals surface area contributed by atoms with Gasteiger partial charge in [-0.3, -0.25) is 4.79 Å². The molecule has 2 aromatic rings. The van der Waals surface area contributed by atoms with E-state index in [2.05, 4.69) is 10.3 Å². The maximum atomic E-state index is 11.9. The van der Waals surface area contributed by atoms with Crippen LogP contribution in [0.3, 0.4) is 0 Å². The summed E-state index contributed by atoms with van der Waals surface area (Å²) in [6, 6.07) is 9.89. The van der Waals surface area contributed by atoms with E-state index in [1.54, 1.807) is 11.1 Å². The van der Waals surface area contributed by atoms with Crippen molar-refractivity contribution in [2.45, 2.75) is 19.3 Å². The molecule has 0 bridgehead atoms. The van der Waals surface area contributed by atoms with Crippen LogP contribution in [0.2, 0.25) is 0 Å². The average Bonchev–Trinajstić information content (AvgIpc) is 3.02. The summed E-state index contributed by atoms with van der Waals surface area (Å²) in [6.07, 6.45) is 3.69. The summed E-state index contributed by atoms with van der Waals surface area (Å²) in [6.45, 7) is 1.54. The molecule has 1 amide bonds. The fraction of sp³-hybridized carbons (Fsp3) is 0.412. The number of likely N-dealkylation sites (N-methyl/N-ethyl adjacent to an activating group) is 2. The van der Waals surface area contributed by atoms with Crippen LogP contribution in [0, 0.1) is 0 Å². The number of carbonyl (C=O) groups is 1. The molecule has 0 aliphatic carbocycles. The molecule has 1 aromatic carbocycles. The van der Waals surface area contributed by atoms with Crippen LogP contribution in [0.25, 0.3) is 11.3 Å². The smallest absolute Gasteiger partial charge is 0.222 e. The zero-order valence-corrected chi connectivity index (χ0v) is 15.7. The lowest BCUT2D eigenvalue weighted by molar-refractivity contribution is -0.129. The van der Waals surface area contributed by atoms with Crippen molar-refractivity contribution in [3.63, 3.8) is 0 Å². The van der Waals surface area contributed by atoms with Crippen LogP contribution in [0.4, 0.5) is 0 Å². The Morgan fingerprint density at radius 1 is 1.25 bits per heavy atom. The summed E-state index contributed by atoms with van der Waals surface area (Å²) in [4.78, 5) is 17.9. The summed E-state index contributed by atoms with van der Waals surface area (Å²) < 4.78 is 5.73.